The van der Waals surface area contributed by atoms with E-state index in [1.54, 1.807) is 6.07 Å². The van der Waals surface area contributed by atoms with Gasteiger partial charge in [-0.3, -0.25) is 0 Å². The molecule has 2 rings (SSSR count). The van der Waals surface area contributed by atoms with Crippen LogP contribution in [0.5, 0.6) is 0 Å². The van der Waals surface area contributed by atoms with Gasteiger partial charge in [-0.15, -0.1) is 0 Å². The number of hydrogen-bond donors (Lipinski definition) is 1. The van der Waals surface area contributed by atoms with Gasteiger partial charge in [-0.05, 0) is 24.1 Å². The van der Waals surface area contributed by atoms with Crippen molar-refractivity contribution in [3.8, 4) is 0 Å². The van der Waals surface area contributed by atoms with E-state index in [0.717, 1.165) is 12.0 Å². The number of carboxylic acids is 1. The van der Waals surface area contributed by atoms with Gasteiger partial charge in [-0.25, -0.2) is 4.79 Å². The number of rotatable bonds is 4. The Morgan fingerprint density at radius 1 is 1.24 bits per heavy atom. The van der Waals surface area contributed by atoms with E-state index in [0.29, 0.717) is 5.76 Å². The van der Waals surface area contributed by atoms with Gasteiger partial charge >= 0.3 is 5.97 Å². The molecule has 17 heavy (non-hydrogen) atoms. The van der Waals surface area contributed by atoms with Crippen molar-refractivity contribution < 1.29 is 14.3 Å². The van der Waals surface area contributed by atoms with Crippen LogP contribution >= 0.6 is 0 Å². The Bertz CT molecular complexity index is 499. The number of aromatic carboxylic acids is 1. The lowest BCUT2D eigenvalue weighted by molar-refractivity contribution is 0.0660. The molecule has 0 saturated heterocycles. The predicted molar refractivity (Wildman–Crippen MR) is 64.2 cm³/mol. The summed E-state index contributed by atoms with van der Waals surface area (Å²) in [6.45, 7) is 2.06. The van der Waals surface area contributed by atoms with Gasteiger partial charge in [0.25, 0.3) is 0 Å². The monoisotopic (exact) mass is 230 g/mol. The Labute approximate surface area is 99.7 Å². The summed E-state index contributed by atoms with van der Waals surface area (Å²) in [5, 5.41) is 8.83. The van der Waals surface area contributed by atoms with Crippen LogP contribution in [0.4, 0.5) is 0 Å². The summed E-state index contributed by atoms with van der Waals surface area (Å²) in [4.78, 5) is 10.8. The lowest BCUT2D eigenvalue weighted by Crippen LogP contribution is -1.98. The summed E-state index contributed by atoms with van der Waals surface area (Å²) >= 11 is 0. The normalized spacial score (nSPS) is 12.3. The minimum absolute atomic E-state index is 0.00520. The van der Waals surface area contributed by atoms with Crippen LogP contribution in [-0.4, -0.2) is 11.1 Å². The summed E-state index contributed by atoms with van der Waals surface area (Å²) in [7, 11) is 0. The number of furan rings is 1. The van der Waals surface area contributed by atoms with Crippen LogP contribution in [0.2, 0.25) is 0 Å². The maximum Gasteiger partial charge on any atom is 0.371 e. The van der Waals surface area contributed by atoms with E-state index in [1.807, 2.05) is 30.3 Å². The molecular weight excluding hydrogens is 216 g/mol. The number of hydrogen-bond acceptors (Lipinski definition) is 2. The maximum absolute atomic E-state index is 10.8. The first kappa shape index (κ1) is 11.5. The SMILES string of the molecule is CCC(c1ccccc1)c1ccc(C(=O)O)o1. The zero-order valence-electron chi connectivity index (χ0n) is 9.59. The van der Waals surface area contributed by atoms with Crippen molar-refractivity contribution in [3.05, 3.63) is 59.5 Å². The zero-order valence-corrected chi connectivity index (χ0v) is 9.59. The smallest absolute Gasteiger partial charge is 0.371 e. The fourth-order valence-corrected chi connectivity index (χ4v) is 1.94. The lowest BCUT2D eigenvalue weighted by atomic mass is 9.94. The van der Waals surface area contributed by atoms with Crippen molar-refractivity contribution in [1.29, 1.82) is 0 Å². The van der Waals surface area contributed by atoms with Crippen LogP contribution in [0.1, 0.15) is 41.1 Å². The number of carboxylic acid groups (broad SMARTS) is 1. The molecule has 1 atom stereocenters. The molecule has 0 radical (unpaired) electrons. The van der Waals surface area contributed by atoms with Crippen molar-refractivity contribution in [2.45, 2.75) is 19.3 Å². The highest BCUT2D eigenvalue weighted by molar-refractivity contribution is 5.84. The van der Waals surface area contributed by atoms with Crippen LogP contribution in [-0.2, 0) is 0 Å². The summed E-state index contributed by atoms with van der Waals surface area (Å²) in [5.41, 5.74) is 1.14. The van der Waals surface area contributed by atoms with Crippen LogP contribution in [0.3, 0.4) is 0 Å². The first-order valence-electron chi connectivity index (χ1n) is 5.60. The fourth-order valence-electron chi connectivity index (χ4n) is 1.94. The third kappa shape index (κ3) is 2.38. The summed E-state index contributed by atoms with van der Waals surface area (Å²) in [6, 6.07) is 13.2. The molecule has 0 spiro atoms. The molecule has 1 N–H and O–H groups in total. The molecular formula is C14H14O3. The topological polar surface area (TPSA) is 50.4 Å². The molecule has 2 aromatic rings. The standard InChI is InChI=1S/C14H14O3/c1-2-11(10-6-4-3-5-7-10)12-8-9-13(17-12)14(15)16/h3-9,11H,2H2,1H3,(H,15,16). The molecule has 0 saturated carbocycles. The largest absolute Gasteiger partial charge is 0.475 e. The van der Waals surface area contributed by atoms with E-state index in [-0.39, 0.29) is 11.7 Å². The Morgan fingerprint density at radius 2 is 1.94 bits per heavy atom. The van der Waals surface area contributed by atoms with E-state index in [2.05, 4.69) is 6.92 Å². The predicted octanol–water partition coefficient (Wildman–Crippen LogP) is 3.52. The van der Waals surface area contributed by atoms with Gasteiger partial charge in [0.2, 0.25) is 5.76 Å². The molecule has 3 heteroatoms. The van der Waals surface area contributed by atoms with Gasteiger partial charge in [0.1, 0.15) is 5.76 Å². The summed E-state index contributed by atoms with van der Waals surface area (Å²) < 4.78 is 5.35. The highest BCUT2D eigenvalue weighted by Gasteiger charge is 2.17. The summed E-state index contributed by atoms with van der Waals surface area (Å²) in [5.74, 6) is -0.214. The van der Waals surface area contributed by atoms with Crippen molar-refractivity contribution in [2.75, 3.05) is 0 Å². The van der Waals surface area contributed by atoms with Crippen LogP contribution in [0.25, 0.3) is 0 Å². The molecule has 1 aromatic carbocycles. The molecule has 1 aromatic heterocycles. The van der Waals surface area contributed by atoms with Crippen LogP contribution in [0, 0.1) is 0 Å². The number of carbonyl (C=O) groups is 1. The van der Waals surface area contributed by atoms with Gasteiger partial charge in [0.05, 0.1) is 0 Å². The van der Waals surface area contributed by atoms with Gasteiger partial charge in [0.15, 0.2) is 0 Å². The first-order chi connectivity index (χ1) is 8.22. The second-order valence-electron chi connectivity index (χ2n) is 3.88. The molecule has 1 unspecified atom stereocenters. The van der Waals surface area contributed by atoms with E-state index in [1.165, 1.54) is 6.07 Å². The van der Waals surface area contributed by atoms with Crippen molar-refractivity contribution in [3.63, 3.8) is 0 Å². The van der Waals surface area contributed by atoms with E-state index in [9.17, 15) is 4.79 Å². The van der Waals surface area contributed by atoms with Gasteiger partial charge < -0.3 is 9.52 Å². The third-order valence-electron chi connectivity index (χ3n) is 2.79. The maximum atomic E-state index is 10.8. The lowest BCUT2D eigenvalue weighted by Gasteiger charge is -2.12. The number of benzene rings is 1. The quantitative estimate of drug-likeness (QED) is 0.874. The summed E-state index contributed by atoms with van der Waals surface area (Å²) in [6.07, 6.45) is 0.872. The molecule has 0 aliphatic rings. The van der Waals surface area contributed by atoms with E-state index < -0.39 is 5.97 Å². The molecule has 0 aliphatic heterocycles. The molecule has 0 aliphatic carbocycles. The minimum atomic E-state index is -1.03. The minimum Gasteiger partial charge on any atom is -0.475 e. The molecule has 0 fully saturated rings. The third-order valence-corrected chi connectivity index (χ3v) is 2.79. The second kappa shape index (κ2) is 4.87. The Hall–Kier alpha value is -2.03. The van der Waals surface area contributed by atoms with Crippen molar-refractivity contribution in [1.82, 2.24) is 0 Å². The Morgan fingerprint density at radius 3 is 2.47 bits per heavy atom. The molecule has 0 bridgehead atoms. The van der Waals surface area contributed by atoms with Crippen LogP contribution < -0.4 is 0 Å². The Balaban J connectivity index is 2.32. The zero-order chi connectivity index (χ0) is 12.3. The van der Waals surface area contributed by atoms with E-state index in [4.69, 9.17) is 9.52 Å². The highest BCUT2D eigenvalue weighted by Crippen LogP contribution is 2.28. The van der Waals surface area contributed by atoms with E-state index >= 15 is 0 Å². The van der Waals surface area contributed by atoms with Crippen molar-refractivity contribution in [2.24, 2.45) is 0 Å². The molecule has 88 valence electrons. The molecule has 0 amide bonds. The van der Waals surface area contributed by atoms with Gasteiger partial charge in [0, 0.05) is 5.92 Å². The first-order valence-corrected chi connectivity index (χ1v) is 5.60. The molecule has 1 heterocycles. The van der Waals surface area contributed by atoms with Crippen LogP contribution in [0.15, 0.2) is 46.9 Å². The Kier molecular flexibility index (Phi) is 3.28. The van der Waals surface area contributed by atoms with Crippen molar-refractivity contribution >= 4 is 5.97 Å². The van der Waals surface area contributed by atoms with Gasteiger partial charge in [-0.1, -0.05) is 37.3 Å². The van der Waals surface area contributed by atoms with Gasteiger partial charge in [-0.2, -0.15) is 0 Å². The average Bonchev–Trinajstić information content (AvgIpc) is 2.81. The highest BCUT2D eigenvalue weighted by atomic mass is 16.4. The second-order valence-corrected chi connectivity index (χ2v) is 3.88. The molecule has 3 nitrogen and oxygen atoms in total. The average molecular weight is 230 g/mol. The fraction of sp³-hybridized carbons (Fsp3) is 0.214.